The minimum Gasteiger partial charge on any atom is -0.481 e. The summed E-state index contributed by atoms with van der Waals surface area (Å²) >= 11 is 0.219. The van der Waals surface area contributed by atoms with Gasteiger partial charge in [0.15, 0.2) is 11.9 Å². The molecule has 0 aliphatic carbocycles. The van der Waals surface area contributed by atoms with Crippen LogP contribution in [-0.4, -0.2) is 28.0 Å². The number of carbonyl (C=O) groups is 2. The number of amides is 1. The number of nitrogens with one attached hydrogen (secondary N) is 1. The van der Waals surface area contributed by atoms with E-state index in [4.69, 9.17) is 4.74 Å². The third kappa shape index (κ3) is 4.51. The number of Topliss-reactive ketones (excluding diaryl/α,β-unsaturated/α-hetero) is 1. The second-order valence-corrected chi connectivity index (χ2v) is 5.72. The van der Waals surface area contributed by atoms with E-state index in [-0.39, 0.29) is 22.3 Å². The Labute approximate surface area is 138 Å². The predicted octanol–water partition coefficient (Wildman–Crippen LogP) is 3.17. The molecule has 0 saturated carbocycles. The van der Waals surface area contributed by atoms with E-state index >= 15 is 0 Å². The number of nitrogens with zero attached hydrogens (tertiary/aromatic N) is 2. The number of carbonyl (C=O) groups excluding carboxylic acids is 2. The normalized spacial score (nSPS) is 12.5. The Bertz CT molecular complexity index is 761. The number of ketones is 1. The van der Waals surface area contributed by atoms with Crippen molar-refractivity contribution in [2.45, 2.75) is 26.1 Å². The van der Waals surface area contributed by atoms with Crippen LogP contribution >= 0.6 is 11.3 Å². The molecule has 1 N–H and O–H groups in total. The maximum Gasteiger partial charge on any atom is 0.445 e. The van der Waals surface area contributed by atoms with Gasteiger partial charge in [-0.15, -0.1) is 10.2 Å². The topological polar surface area (TPSA) is 81.2 Å². The number of halogens is 3. The Morgan fingerprint density at radius 3 is 2.58 bits per heavy atom. The smallest absolute Gasteiger partial charge is 0.445 e. The molecule has 0 aliphatic rings. The van der Waals surface area contributed by atoms with Crippen molar-refractivity contribution in [2.75, 3.05) is 5.32 Å². The van der Waals surface area contributed by atoms with Gasteiger partial charge in [0, 0.05) is 5.56 Å². The molecule has 128 valence electrons. The lowest BCUT2D eigenvalue weighted by Gasteiger charge is -2.14. The van der Waals surface area contributed by atoms with Crippen molar-refractivity contribution in [1.82, 2.24) is 10.2 Å². The molecule has 0 fully saturated rings. The molecule has 1 unspecified atom stereocenters. The van der Waals surface area contributed by atoms with Crippen LogP contribution in [0.1, 0.15) is 29.2 Å². The van der Waals surface area contributed by atoms with Crippen molar-refractivity contribution in [3.05, 3.63) is 34.8 Å². The van der Waals surface area contributed by atoms with Crippen LogP contribution in [-0.2, 0) is 11.0 Å². The van der Waals surface area contributed by atoms with Crippen molar-refractivity contribution in [1.29, 1.82) is 0 Å². The Hall–Kier alpha value is -2.49. The molecule has 6 nitrogen and oxygen atoms in total. The fourth-order valence-electron chi connectivity index (χ4n) is 1.64. The monoisotopic (exact) mass is 359 g/mol. The number of alkyl halides is 3. The average Bonchev–Trinajstić information content (AvgIpc) is 2.96. The first-order valence-corrected chi connectivity index (χ1v) is 7.47. The van der Waals surface area contributed by atoms with Crippen LogP contribution in [0, 0.1) is 0 Å². The van der Waals surface area contributed by atoms with Crippen LogP contribution in [0.3, 0.4) is 0 Å². The summed E-state index contributed by atoms with van der Waals surface area (Å²) in [4.78, 5) is 23.3. The van der Waals surface area contributed by atoms with Crippen LogP contribution in [0.25, 0.3) is 0 Å². The average molecular weight is 359 g/mol. The number of hydrogen-bond acceptors (Lipinski definition) is 6. The summed E-state index contributed by atoms with van der Waals surface area (Å²) in [6.07, 6.45) is -5.62. The van der Waals surface area contributed by atoms with Crippen molar-refractivity contribution in [3.63, 3.8) is 0 Å². The van der Waals surface area contributed by atoms with Gasteiger partial charge >= 0.3 is 6.18 Å². The summed E-state index contributed by atoms with van der Waals surface area (Å²) in [6.45, 7) is 2.81. The Morgan fingerprint density at radius 1 is 1.29 bits per heavy atom. The van der Waals surface area contributed by atoms with Gasteiger partial charge in [-0.05, 0) is 26.0 Å². The summed E-state index contributed by atoms with van der Waals surface area (Å²) < 4.78 is 42.7. The molecule has 0 bridgehead atoms. The second-order valence-electron chi connectivity index (χ2n) is 4.74. The summed E-state index contributed by atoms with van der Waals surface area (Å²) in [7, 11) is 0. The SMILES string of the molecule is CC(=O)c1cccc(OC(C)C(=O)Nc2nnc(C(F)(F)F)s2)c1. The van der Waals surface area contributed by atoms with Crippen LogP contribution in [0.5, 0.6) is 5.75 Å². The maximum atomic E-state index is 12.4. The van der Waals surface area contributed by atoms with Gasteiger partial charge in [0.1, 0.15) is 5.75 Å². The number of anilines is 1. The molecule has 10 heteroatoms. The van der Waals surface area contributed by atoms with Gasteiger partial charge in [-0.25, -0.2) is 0 Å². The quantitative estimate of drug-likeness (QED) is 0.830. The van der Waals surface area contributed by atoms with Crippen LogP contribution in [0.15, 0.2) is 24.3 Å². The summed E-state index contributed by atoms with van der Waals surface area (Å²) in [5.74, 6) is -0.558. The highest BCUT2D eigenvalue weighted by Crippen LogP contribution is 2.33. The molecule has 1 amide bonds. The summed E-state index contributed by atoms with van der Waals surface area (Å²) in [5, 5.41) is 7.01. The number of ether oxygens (including phenoxy) is 1. The highest BCUT2D eigenvalue weighted by Gasteiger charge is 2.36. The molecule has 1 atom stereocenters. The first-order valence-electron chi connectivity index (χ1n) is 6.66. The van der Waals surface area contributed by atoms with Crippen LogP contribution < -0.4 is 10.1 Å². The summed E-state index contributed by atoms with van der Waals surface area (Å²) in [6, 6.07) is 6.22. The number of hydrogen-bond donors (Lipinski definition) is 1. The van der Waals surface area contributed by atoms with Crippen molar-refractivity contribution < 1.29 is 27.5 Å². The van der Waals surface area contributed by atoms with E-state index in [9.17, 15) is 22.8 Å². The van der Waals surface area contributed by atoms with E-state index in [0.717, 1.165) is 0 Å². The highest BCUT2D eigenvalue weighted by molar-refractivity contribution is 7.15. The van der Waals surface area contributed by atoms with Crippen LogP contribution in [0.4, 0.5) is 18.3 Å². The van der Waals surface area contributed by atoms with Gasteiger partial charge in [0.05, 0.1) is 0 Å². The van der Waals surface area contributed by atoms with E-state index in [0.29, 0.717) is 11.3 Å². The van der Waals surface area contributed by atoms with Gasteiger partial charge in [0.2, 0.25) is 10.1 Å². The zero-order valence-corrected chi connectivity index (χ0v) is 13.4. The van der Waals surface area contributed by atoms with Gasteiger partial charge in [-0.2, -0.15) is 13.2 Å². The minimum atomic E-state index is -4.62. The summed E-state index contributed by atoms with van der Waals surface area (Å²) in [5.41, 5.74) is 0.416. The van der Waals surface area contributed by atoms with Crippen molar-refractivity contribution >= 4 is 28.2 Å². The third-order valence-corrected chi connectivity index (χ3v) is 3.70. The maximum absolute atomic E-state index is 12.4. The lowest BCUT2D eigenvalue weighted by atomic mass is 10.1. The highest BCUT2D eigenvalue weighted by atomic mass is 32.1. The number of rotatable bonds is 5. The number of aromatic nitrogens is 2. The Balaban J connectivity index is 2.01. The van der Waals surface area contributed by atoms with E-state index in [1.807, 2.05) is 0 Å². The molecular formula is C14H12F3N3O3S. The molecule has 24 heavy (non-hydrogen) atoms. The minimum absolute atomic E-state index is 0.161. The number of benzene rings is 1. The second kappa shape index (κ2) is 6.95. The van der Waals surface area contributed by atoms with E-state index in [1.54, 1.807) is 18.2 Å². The lowest BCUT2D eigenvalue weighted by molar-refractivity contribution is -0.138. The zero-order valence-electron chi connectivity index (χ0n) is 12.5. The Morgan fingerprint density at radius 2 is 2.00 bits per heavy atom. The largest absolute Gasteiger partial charge is 0.481 e. The standard InChI is InChI=1S/C14H12F3N3O3S/c1-7(21)9-4-3-5-10(6-9)23-8(2)11(22)18-13-20-19-12(24-13)14(15,16)17/h3-6,8H,1-2H3,(H,18,20,22). The fraction of sp³-hybridized carbons (Fsp3) is 0.286. The van der Waals surface area contributed by atoms with Gasteiger partial charge in [0.25, 0.3) is 5.91 Å². The lowest BCUT2D eigenvalue weighted by Crippen LogP contribution is -2.30. The van der Waals surface area contributed by atoms with Crippen molar-refractivity contribution in [3.8, 4) is 5.75 Å². The first-order chi connectivity index (χ1) is 11.2. The van der Waals surface area contributed by atoms with E-state index in [1.165, 1.54) is 19.9 Å². The molecular weight excluding hydrogens is 347 g/mol. The molecule has 0 radical (unpaired) electrons. The molecule has 2 aromatic rings. The molecule has 1 aromatic heterocycles. The molecule has 1 aromatic carbocycles. The van der Waals surface area contributed by atoms with E-state index < -0.39 is 23.2 Å². The Kier molecular flexibility index (Phi) is 5.17. The van der Waals surface area contributed by atoms with Gasteiger partial charge < -0.3 is 4.74 Å². The van der Waals surface area contributed by atoms with E-state index in [2.05, 4.69) is 15.5 Å². The fourth-order valence-corrected chi connectivity index (χ4v) is 2.26. The third-order valence-electron chi connectivity index (χ3n) is 2.82. The molecule has 0 aliphatic heterocycles. The molecule has 0 saturated heterocycles. The van der Waals surface area contributed by atoms with Gasteiger partial charge in [-0.3, -0.25) is 14.9 Å². The molecule has 1 heterocycles. The zero-order chi connectivity index (χ0) is 17.9. The molecule has 0 spiro atoms. The predicted molar refractivity (Wildman–Crippen MR) is 80.1 cm³/mol. The first kappa shape index (κ1) is 17.9. The van der Waals surface area contributed by atoms with Gasteiger partial charge in [-0.1, -0.05) is 23.5 Å². The molecule has 2 rings (SSSR count). The van der Waals surface area contributed by atoms with Crippen LogP contribution in [0.2, 0.25) is 0 Å². The van der Waals surface area contributed by atoms with Crippen molar-refractivity contribution in [2.24, 2.45) is 0 Å².